The van der Waals surface area contributed by atoms with Gasteiger partial charge >= 0.3 is 6.09 Å². The van der Waals surface area contributed by atoms with Crippen LogP contribution in [0.15, 0.2) is 58.5 Å². The maximum absolute atomic E-state index is 13.7. The number of ketones is 2. The van der Waals surface area contributed by atoms with Crippen molar-refractivity contribution in [1.29, 1.82) is 0 Å². The molecule has 1 heterocycles. The zero-order chi connectivity index (χ0) is 33.8. The number of amides is 2. The van der Waals surface area contributed by atoms with Gasteiger partial charge in [-0.25, -0.2) is 4.79 Å². The number of methoxy groups -OCH3 is 2. The van der Waals surface area contributed by atoms with Crippen molar-refractivity contribution in [3.8, 4) is 0 Å². The minimum atomic E-state index is -0.996. The predicted octanol–water partition coefficient (Wildman–Crippen LogP) is 2.30. The highest BCUT2D eigenvalue weighted by Crippen LogP contribution is 2.29. The number of fused-ring (bicyclic) bond motifs is 2. The molecule has 2 bridgehead atoms. The number of rotatable bonds is 8. The molecule has 0 radical (unpaired) electrons. The molecule has 2 aliphatic rings. The zero-order valence-corrected chi connectivity index (χ0v) is 27.7. The number of Topliss-reactive ketones (excluding diaryl/α,β-unsaturated/α-hetero) is 1. The highest BCUT2D eigenvalue weighted by Gasteiger charge is 2.33. The zero-order valence-electron chi connectivity index (χ0n) is 27.7. The number of aliphatic hydroxyl groups is 1. The van der Waals surface area contributed by atoms with Gasteiger partial charge in [-0.05, 0) is 65.2 Å². The lowest BCUT2D eigenvalue weighted by atomic mass is 9.85. The summed E-state index contributed by atoms with van der Waals surface area (Å²) in [5.74, 6) is -2.04. The average molecular weight is 631 g/mol. The van der Waals surface area contributed by atoms with Crippen LogP contribution in [0.2, 0.25) is 0 Å². The van der Waals surface area contributed by atoms with Crippen LogP contribution in [0, 0.1) is 11.8 Å². The molecule has 0 aromatic rings. The van der Waals surface area contributed by atoms with Gasteiger partial charge in [0.1, 0.15) is 6.10 Å². The summed E-state index contributed by atoms with van der Waals surface area (Å²) in [5, 5.41) is 17.1. The Balaban J connectivity index is 2.58. The molecular weight excluding hydrogens is 580 g/mol. The standard InChI is InChI=1S/C33H50N4O8/c1-19-15-23-28(35-13-10-14-37(5)6)25(38)18-24(30(23)40)36-32(41)20(2)11-9-12-26(43-7)31(45-33(34)42)22(4)17-21(3)29(39)27(16-19)44-8/h9,11-12,17-19,21,26-27,29,31,35,39H,10,13-16H2,1-8H3,(H2,34,42)(H,36,41)/b12-9+,20-11-,22-17+/t19-,21+,26+,27?,29-,31?/m1/s1. The van der Waals surface area contributed by atoms with Crippen molar-refractivity contribution < 1.29 is 38.5 Å². The van der Waals surface area contributed by atoms with E-state index in [0.29, 0.717) is 18.5 Å². The van der Waals surface area contributed by atoms with E-state index in [-0.39, 0.29) is 34.9 Å². The molecule has 1 aliphatic carbocycles. The summed E-state index contributed by atoms with van der Waals surface area (Å²) >= 11 is 0. The number of nitrogens with two attached hydrogens (primary N) is 1. The molecule has 0 aromatic carbocycles. The summed E-state index contributed by atoms with van der Waals surface area (Å²) in [6, 6.07) is 0. The lowest BCUT2D eigenvalue weighted by Gasteiger charge is -2.30. The first-order valence-electron chi connectivity index (χ1n) is 15.2. The fourth-order valence-electron chi connectivity index (χ4n) is 5.39. The van der Waals surface area contributed by atoms with Crippen molar-refractivity contribution in [2.24, 2.45) is 17.6 Å². The summed E-state index contributed by atoms with van der Waals surface area (Å²) < 4.78 is 16.6. The van der Waals surface area contributed by atoms with E-state index in [1.54, 1.807) is 32.1 Å². The van der Waals surface area contributed by atoms with Gasteiger partial charge in [0.2, 0.25) is 11.6 Å². The highest BCUT2D eigenvalue weighted by molar-refractivity contribution is 6.23. The van der Waals surface area contributed by atoms with E-state index >= 15 is 0 Å². The summed E-state index contributed by atoms with van der Waals surface area (Å²) in [6.07, 6.45) is 4.67. The Morgan fingerprint density at radius 1 is 1.16 bits per heavy atom. The molecule has 0 spiro atoms. The molecule has 5 N–H and O–H groups in total. The van der Waals surface area contributed by atoms with Crippen molar-refractivity contribution in [1.82, 2.24) is 15.5 Å². The monoisotopic (exact) mass is 630 g/mol. The molecular formula is C33H50N4O8. The van der Waals surface area contributed by atoms with Gasteiger partial charge in [-0.3, -0.25) is 14.4 Å². The Bertz CT molecular complexity index is 1250. The molecule has 2 rings (SSSR count). The minimum Gasteiger partial charge on any atom is -0.439 e. The first kappa shape index (κ1) is 37.6. The van der Waals surface area contributed by atoms with Gasteiger partial charge in [-0.2, -0.15) is 0 Å². The lowest BCUT2D eigenvalue weighted by molar-refractivity contribution is -0.120. The molecule has 0 saturated heterocycles. The van der Waals surface area contributed by atoms with Crippen molar-refractivity contribution in [2.75, 3.05) is 41.4 Å². The van der Waals surface area contributed by atoms with Crippen molar-refractivity contribution in [3.63, 3.8) is 0 Å². The van der Waals surface area contributed by atoms with Crippen molar-refractivity contribution in [2.45, 2.75) is 71.4 Å². The van der Waals surface area contributed by atoms with Gasteiger partial charge in [-0.15, -0.1) is 0 Å². The predicted molar refractivity (Wildman–Crippen MR) is 171 cm³/mol. The Labute approximate surface area is 266 Å². The summed E-state index contributed by atoms with van der Waals surface area (Å²) in [4.78, 5) is 53.9. The second-order valence-electron chi connectivity index (χ2n) is 12.0. The van der Waals surface area contributed by atoms with Crippen LogP contribution in [0.4, 0.5) is 4.79 Å². The molecule has 0 saturated carbocycles. The van der Waals surface area contributed by atoms with Crippen LogP contribution in [-0.2, 0) is 28.6 Å². The second kappa shape index (κ2) is 17.8. The Hall–Kier alpha value is -3.58. The molecule has 1 aliphatic heterocycles. The fraction of sp³-hybridized carbons (Fsp3) is 0.576. The van der Waals surface area contributed by atoms with E-state index in [4.69, 9.17) is 19.9 Å². The third kappa shape index (κ3) is 11.1. The van der Waals surface area contributed by atoms with E-state index < -0.39 is 53.9 Å². The molecule has 0 fully saturated rings. The van der Waals surface area contributed by atoms with Crippen LogP contribution in [0.25, 0.3) is 0 Å². The molecule has 45 heavy (non-hydrogen) atoms. The average Bonchev–Trinajstić information content (AvgIpc) is 2.97. The molecule has 0 aromatic heterocycles. The first-order chi connectivity index (χ1) is 21.2. The Morgan fingerprint density at radius 3 is 2.44 bits per heavy atom. The molecule has 6 atom stereocenters. The first-order valence-corrected chi connectivity index (χ1v) is 15.2. The molecule has 250 valence electrons. The Kier molecular flexibility index (Phi) is 14.9. The third-order valence-corrected chi connectivity index (χ3v) is 7.88. The summed E-state index contributed by atoms with van der Waals surface area (Å²) in [6.45, 7) is 8.32. The van der Waals surface area contributed by atoms with Crippen LogP contribution in [0.5, 0.6) is 0 Å². The van der Waals surface area contributed by atoms with Gasteiger partial charge in [0, 0.05) is 43.9 Å². The number of carbonyl (C=O) groups excluding carboxylic acids is 4. The number of nitrogens with one attached hydrogen (secondary N) is 2. The summed E-state index contributed by atoms with van der Waals surface area (Å²) in [5.41, 5.74) is 6.59. The van der Waals surface area contributed by atoms with Crippen LogP contribution in [-0.4, -0.2) is 99.4 Å². The quantitative estimate of drug-likeness (QED) is 0.177. The number of allylic oxidation sites excluding steroid dienone is 4. The molecule has 12 heteroatoms. The number of nitrogens with zero attached hydrogens (tertiary/aromatic N) is 1. The van der Waals surface area contributed by atoms with Gasteiger partial charge in [0.05, 0.1) is 23.6 Å². The minimum absolute atomic E-state index is 0.109. The van der Waals surface area contributed by atoms with E-state index in [1.165, 1.54) is 20.3 Å². The number of ether oxygens (including phenoxy) is 3. The van der Waals surface area contributed by atoms with Crippen molar-refractivity contribution in [3.05, 3.63) is 58.5 Å². The van der Waals surface area contributed by atoms with Crippen LogP contribution in [0.3, 0.4) is 0 Å². The van der Waals surface area contributed by atoms with Crippen molar-refractivity contribution >= 4 is 23.6 Å². The van der Waals surface area contributed by atoms with Gasteiger partial charge in [0.15, 0.2) is 6.10 Å². The van der Waals surface area contributed by atoms with Gasteiger partial charge < -0.3 is 40.6 Å². The number of carbonyl (C=O) groups is 4. The van der Waals surface area contributed by atoms with E-state index in [0.717, 1.165) is 19.0 Å². The normalized spacial score (nSPS) is 30.5. The number of hydrogen-bond acceptors (Lipinski definition) is 10. The third-order valence-electron chi connectivity index (χ3n) is 7.88. The van der Waals surface area contributed by atoms with Crippen LogP contribution in [0.1, 0.15) is 47.0 Å². The smallest absolute Gasteiger partial charge is 0.405 e. The maximum atomic E-state index is 13.7. The lowest BCUT2D eigenvalue weighted by Crippen LogP contribution is -2.38. The number of primary amides is 1. The number of aliphatic hydroxyl groups excluding tert-OH is 1. The molecule has 12 nitrogen and oxygen atoms in total. The second-order valence-corrected chi connectivity index (χ2v) is 12.0. The number of hydrogen-bond donors (Lipinski definition) is 4. The van der Waals surface area contributed by atoms with E-state index in [1.807, 2.05) is 32.8 Å². The van der Waals surface area contributed by atoms with Gasteiger partial charge in [-0.1, -0.05) is 38.2 Å². The fourth-order valence-corrected chi connectivity index (χ4v) is 5.39. The van der Waals surface area contributed by atoms with Gasteiger partial charge in [0.25, 0.3) is 5.91 Å². The van der Waals surface area contributed by atoms with Crippen LogP contribution >= 0.6 is 0 Å². The highest BCUT2D eigenvalue weighted by atomic mass is 16.6. The topological polar surface area (TPSA) is 170 Å². The van der Waals surface area contributed by atoms with E-state index in [9.17, 15) is 24.3 Å². The molecule has 2 unspecified atom stereocenters. The summed E-state index contributed by atoms with van der Waals surface area (Å²) in [7, 11) is 6.85. The SMILES string of the molecule is COC1C[C@H](C)CC2=C(NCCCN(C)C)C(=O)C=C(NC(=O)/C(C)=C\C=C\[C@H](OC)C(OC(N)=O)/C(C)=C/[C@H](C)[C@H]1O)C2=O. The Morgan fingerprint density at radius 2 is 1.84 bits per heavy atom. The van der Waals surface area contributed by atoms with E-state index in [2.05, 4.69) is 10.6 Å². The maximum Gasteiger partial charge on any atom is 0.405 e. The van der Waals surface area contributed by atoms with Crippen LogP contribution < -0.4 is 16.4 Å². The largest absolute Gasteiger partial charge is 0.439 e. The molecule has 2 amide bonds.